The third-order valence-corrected chi connectivity index (χ3v) is 4.94. The zero-order valence-corrected chi connectivity index (χ0v) is 15.9. The molecule has 2 nitrogen and oxygen atoms in total. The molecule has 0 atom stereocenters. The van der Waals surface area contributed by atoms with Gasteiger partial charge < -0.3 is 4.42 Å². The molecule has 3 aromatic rings. The van der Waals surface area contributed by atoms with Crippen LogP contribution in [-0.4, -0.2) is 0 Å². The Hall–Kier alpha value is -1.74. The quantitative estimate of drug-likeness (QED) is 0.311. The minimum atomic E-state index is 0.446. The van der Waals surface area contributed by atoms with Gasteiger partial charge in [0.2, 0.25) is 0 Å². The van der Waals surface area contributed by atoms with Crippen molar-refractivity contribution >= 4 is 57.4 Å². The predicted octanol–water partition coefficient (Wildman–Crippen LogP) is 6.92. The molecule has 0 fully saturated rings. The summed E-state index contributed by atoms with van der Waals surface area (Å²) in [5.74, 6) is 1.18. The van der Waals surface area contributed by atoms with Crippen molar-refractivity contribution in [2.45, 2.75) is 0 Å². The molecule has 3 rings (SSSR count). The van der Waals surface area contributed by atoms with E-state index in [-0.39, 0.29) is 0 Å². The number of hydrogen-bond donors (Lipinski definition) is 0. The van der Waals surface area contributed by atoms with Gasteiger partial charge in [0.15, 0.2) is 0 Å². The fraction of sp³-hybridized carbons (Fsp3) is 0. The zero-order chi connectivity index (χ0) is 17.1. The Morgan fingerprint density at radius 3 is 2.50 bits per heavy atom. The van der Waals surface area contributed by atoms with Gasteiger partial charge in [-0.25, -0.2) is 0 Å². The van der Waals surface area contributed by atoms with Gasteiger partial charge in [-0.15, -0.1) is 0 Å². The molecule has 0 amide bonds. The summed E-state index contributed by atoms with van der Waals surface area (Å²) in [6.45, 7) is 0. The molecule has 0 bridgehead atoms. The van der Waals surface area contributed by atoms with Crippen molar-refractivity contribution in [2.24, 2.45) is 0 Å². The molecule has 0 N–H and O–H groups in total. The van der Waals surface area contributed by atoms with Gasteiger partial charge in [0, 0.05) is 9.13 Å². The van der Waals surface area contributed by atoms with Crippen LogP contribution in [0, 0.1) is 14.9 Å². The lowest BCUT2D eigenvalue weighted by molar-refractivity contribution is 0.572. The maximum Gasteiger partial charge on any atom is 0.136 e. The molecule has 0 saturated heterocycles. The first-order valence-electron chi connectivity index (χ1n) is 7.00. The van der Waals surface area contributed by atoms with Crippen molar-refractivity contribution in [3.05, 3.63) is 79.5 Å². The van der Waals surface area contributed by atoms with Gasteiger partial charge in [-0.3, -0.25) is 0 Å². The van der Waals surface area contributed by atoms with Crippen molar-refractivity contribution in [1.29, 1.82) is 5.26 Å². The summed E-state index contributed by atoms with van der Waals surface area (Å²) in [4.78, 5) is 0. The standard InChI is InChI=1S/C19H10Cl2INO/c20-17-3-1-2-16(19(17)21)18-9-8-15(24-18)10-13(11-23)12-4-6-14(22)7-5-12/h1-10H/b13-10-. The number of hydrogen-bond acceptors (Lipinski definition) is 2. The Bertz CT molecular complexity index is 952. The number of furan rings is 1. The van der Waals surface area contributed by atoms with E-state index in [1.165, 1.54) is 0 Å². The summed E-state index contributed by atoms with van der Waals surface area (Å²) in [7, 11) is 0. The van der Waals surface area contributed by atoms with Crippen LogP contribution in [0.1, 0.15) is 11.3 Å². The van der Waals surface area contributed by atoms with Gasteiger partial charge >= 0.3 is 0 Å². The second-order valence-corrected chi connectivity index (χ2v) is 7.01. The Balaban J connectivity index is 1.96. The Labute approximate surface area is 163 Å². The molecule has 0 spiro atoms. The van der Waals surface area contributed by atoms with Crippen molar-refractivity contribution in [1.82, 2.24) is 0 Å². The molecule has 24 heavy (non-hydrogen) atoms. The minimum Gasteiger partial charge on any atom is -0.457 e. The third kappa shape index (κ3) is 3.67. The van der Waals surface area contributed by atoms with Gasteiger partial charge in [-0.2, -0.15) is 5.26 Å². The summed E-state index contributed by atoms with van der Waals surface area (Å²) >= 11 is 14.5. The topological polar surface area (TPSA) is 36.9 Å². The lowest BCUT2D eigenvalue weighted by Gasteiger charge is -2.02. The van der Waals surface area contributed by atoms with E-state index in [1.807, 2.05) is 42.5 Å². The average molecular weight is 466 g/mol. The Morgan fingerprint density at radius 1 is 1.04 bits per heavy atom. The monoisotopic (exact) mass is 465 g/mol. The molecular formula is C19H10Cl2INO. The number of halogens is 3. The van der Waals surface area contributed by atoms with Crippen molar-refractivity contribution in [3.8, 4) is 17.4 Å². The van der Waals surface area contributed by atoms with Crippen LogP contribution in [0.2, 0.25) is 10.0 Å². The van der Waals surface area contributed by atoms with Gasteiger partial charge in [-0.05, 0) is 70.6 Å². The lowest BCUT2D eigenvalue weighted by atomic mass is 10.1. The maximum absolute atomic E-state index is 9.41. The molecule has 118 valence electrons. The molecule has 0 aliphatic rings. The van der Waals surface area contributed by atoms with Crippen LogP contribution in [0.25, 0.3) is 23.0 Å². The van der Waals surface area contributed by atoms with E-state index in [0.717, 1.165) is 14.7 Å². The highest BCUT2D eigenvalue weighted by molar-refractivity contribution is 14.1. The fourth-order valence-corrected chi connectivity index (χ4v) is 2.97. The van der Waals surface area contributed by atoms with E-state index in [4.69, 9.17) is 27.6 Å². The summed E-state index contributed by atoms with van der Waals surface area (Å²) in [6, 6.07) is 18.9. The minimum absolute atomic E-state index is 0.446. The van der Waals surface area contributed by atoms with Crippen molar-refractivity contribution < 1.29 is 4.42 Å². The highest BCUT2D eigenvalue weighted by Crippen LogP contribution is 2.34. The van der Waals surface area contributed by atoms with Crippen LogP contribution in [-0.2, 0) is 0 Å². The first-order valence-corrected chi connectivity index (χ1v) is 8.84. The third-order valence-electron chi connectivity index (χ3n) is 3.41. The van der Waals surface area contributed by atoms with Crippen LogP contribution >= 0.6 is 45.8 Å². The molecule has 0 aliphatic carbocycles. The molecule has 5 heteroatoms. The normalized spacial score (nSPS) is 11.3. The molecule has 0 aliphatic heterocycles. The number of nitriles is 1. The van der Waals surface area contributed by atoms with Crippen molar-refractivity contribution in [3.63, 3.8) is 0 Å². The highest BCUT2D eigenvalue weighted by Gasteiger charge is 2.11. The van der Waals surface area contributed by atoms with E-state index >= 15 is 0 Å². The van der Waals surface area contributed by atoms with Crippen LogP contribution in [0.3, 0.4) is 0 Å². The lowest BCUT2D eigenvalue weighted by Crippen LogP contribution is -1.81. The summed E-state index contributed by atoms with van der Waals surface area (Å²) in [5, 5.41) is 10.3. The first-order chi connectivity index (χ1) is 11.6. The molecule has 1 aromatic heterocycles. The molecule has 1 heterocycles. The van der Waals surface area contributed by atoms with Gasteiger partial charge in [0.05, 0.1) is 21.7 Å². The summed E-state index contributed by atoms with van der Waals surface area (Å²) in [6.07, 6.45) is 1.71. The van der Waals surface area contributed by atoms with E-state index in [9.17, 15) is 5.26 Å². The molecule has 0 saturated carbocycles. The van der Waals surface area contributed by atoms with E-state index in [2.05, 4.69) is 28.7 Å². The van der Waals surface area contributed by atoms with E-state index in [0.29, 0.717) is 27.1 Å². The number of benzene rings is 2. The summed E-state index contributed by atoms with van der Waals surface area (Å²) in [5.41, 5.74) is 2.10. The predicted molar refractivity (Wildman–Crippen MR) is 107 cm³/mol. The maximum atomic E-state index is 9.41. The molecule has 0 radical (unpaired) electrons. The largest absolute Gasteiger partial charge is 0.457 e. The summed E-state index contributed by atoms with van der Waals surface area (Å²) < 4.78 is 6.93. The SMILES string of the molecule is N#C/C(=C/c1ccc(-c2cccc(Cl)c2Cl)o1)c1ccc(I)cc1. The Kier molecular flexibility index (Phi) is 5.30. The smallest absolute Gasteiger partial charge is 0.136 e. The molecule has 0 unspecified atom stereocenters. The van der Waals surface area contributed by atoms with Crippen LogP contribution in [0.4, 0.5) is 0 Å². The fourth-order valence-electron chi connectivity index (χ4n) is 2.22. The molecule has 2 aromatic carbocycles. The van der Waals surface area contributed by atoms with Gasteiger partial charge in [0.1, 0.15) is 11.5 Å². The Morgan fingerprint density at radius 2 is 1.79 bits per heavy atom. The second-order valence-electron chi connectivity index (χ2n) is 4.98. The van der Waals surface area contributed by atoms with Gasteiger partial charge in [-0.1, -0.05) is 41.4 Å². The van der Waals surface area contributed by atoms with Crippen LogP contribution in [0.15, 0.2) is 59.0 Å². The van der Waals surface area contributed by atoms with Gasteiger partial charge in [0.25, 0.3) is 0 Å². The van der Waals surface area contributed by atoms with E-state index < -0.39 is 0 Å². The van der Waals surface area contributed by atoms with E-state index in [1.54, 1.807) is 18.2 Å². The molecular weight excluding hydrogens is 456 g/mol. The zero-order valence-electron chi connectivity index (χ0n) is 12.3. The number of nitrogens with zero attached hydrogens (tertiary/aromatic N) is 1. The van der Waals surface area contributed by atoms with Crippen LogP contribution < -0.4 is 0 Å². The average Bonchev–Trinajstić information content (AvgIpc) is 3.04. The second kappa shape index (κ2) is 7.43. The number of allylic oxidation sites excluding steroid dienone is 1. The number of rotatable bonds is 3. The van der Waals surface area contributed by atoms with Crippen LogP contribution in [0.5, 0.6) is 0 Å². The first kappa shape index (κ1) is 17.1. The van der Waals surface area contributed by atoms with Crippen molar-refractivity contribution in [2.75, 3.05) is 0 Å². The highest BCUT2D eigenvalue weighted by atomic mass is 127.